The van der Waals surface area contributed by atoms with Gasteiger partial charge in [-0.25, -0.2) is 13.1 Å². The summed E-state index contributed by atoms with van der Waals surface area (Å²) in [6.07, 6.45) is 3.24. The molecule has 1 saturated heterocycles. The van der Waals surface area contributed by atoms with E-state index in [2.05, 4.69) is 17.0 Å². The Hall–Kier alpha value is -3.47. The molecule has 1 aromatic heterocycles. The van der Waals surface area contributed by atoms with Gasteiger partial charge in [-0.05, 0) is 29.8 Å². The summed E-state index contributed by atoms with van der Waals surface area (Å²) in [4.78, 5) is 13.1. The van der Waals surface area contributed by atoms with Gasteiger partial charge in [0.15, 0.2) is 11.4 Å². The molecule has 1 fully saturated rings. The molecule has 0 aliphatic carbocycles. The number of carbonyl (C=O) groups excluding carboxylic acids is 1. The SMILES string of the molecule is C=CCOc1cn(-c2ccccc2)nc1C(=O)NCc1ccc(S(=O)(=O)N2CCOCC2)cc1. The minimum Gasteiger partial charge on any atom is -0.485 e. The smallest absolute Gasteiger partial charge is 0.275 e. The second kappa shape index (κ2) is 10.6. The standard InChI is InChI=1S/C24H26N4O5S/c1-2-14-33-22-18-28(20-6-4-3-5-7-20)26-23(22)24(29)25-17-19-8-10-21(11-9-19)34(30,31)27-12-15-32-16-13-27/h2-11,18H,1,12-17H2,(H,25,29). The molecule has 1 N–H and O–H groups in total. The number of carbonyl (C=O) groups is 1. The third kappa shape index (κ3) is 5.36. The van der Waals surface area contributed by atoms with Gasteiger partial charge in [0.25, 0.3) is 5.91 Å². The van der Waals surface area contributed by atoms with Crippen LogP contribution >= 0.6 is 0 Å². The molecule has 2 aromatic carbocycles. The van der Waals surface area contributed by atoms with Crippen LogP contribution in [-0.2, 0) is 21.3 Å². The Balaban J connectivity index is 1.45. The van der Waals surface area contributed by atoms with E-state index in [1.54, 1.807) is 41.2 Å². The van der Waals surface area contributed by atoms with Gasteiger partial charge in [-0.2, -0.15) is 9.40 Å². The van der Waals surface area contributed by atoms with Crippen LogP contribution in [0.5, 0.6) is 5.75 Å². The zero-order valence-electron chi connectivity index (χ0n) is 18.6. The molecule has 4 rings (SSSR count). The van der Waals surface area contributed by atoms with E-state index < -0.39 is 15.9 Å². The fraction of sp³-hybridized carbons (Fsp3) is 0.250. The molecule has 1 amide bonds. The molecule has 1 aliphatic heterocycles. The van der Waals surface area contributed by atoms with Crippen LogP contribution in [0, 0.1) is 0 Å². The van der Waals surface area contributed by atoms with E-state index in [0.717, 1.165) is 11.3 Å². The van der Waals surface area contributed by atoms with Crippen molar-refractivity contribution in [2.24, 2.45) is 0 Å². The summed E-state index contributed by atoms with van der Waals surface area (Å²) >= 11 is 0. The molecule has 3 aromatic rings. The average molecular weight is 483 g/mol. The summed E-state index contributed by atoms with van der Waals surface area (Å²) in [5.41, 5.74) is 1.70. The third-order valence-electron chi connectivity index (χ3n) is 5.26. The molecule has 0 bridgehead atoms. The number of aromatic nitrogens is 2. The van der Waals surface area contributed by atoms with Gasteiger partial charge in [-0.15, -0.1) is 0 Å². The Morgan fingerprint density at radius 3 is 2.50 bits per heavy atom. The van der Waals surface area contributed by atoms with Crippen molar-refractivity contribution >= 4 is 15.9 Å². The van der Waals surface area contributed by atoms with Gasteiger partial charge in [0.05, 0.1) is 30.0 Å². The molecular weight excluding hydrogens is 456 g/mol. The van der Waals surface area contributed by atoms with Crippen LogP contribution in [0.15, 0.2) is 78.3 Å². The van der Waals surface area contributed by atoms with Crippen molar-refractivity contribution in [3.63, 3.8) is 0 Å². The topological polar surface area (TPSA) is 103 Å². The highest BCUT2D eigenvalue weighted by atomic mass is 32.2. The summed E-state index contributed by atoms with van der Waals surface area (Å²) in [5.74, 6) is -0.0630. The highest BCUT2D eigenvalue weighted by Gasteiger charge is 2.26. The van der Waals surface area contributed by atoms with Gasteiger partial charge in [-0.1, -0.05) is 43.0 Å². The van der Waals surface area contributed by atoms with Gasteiger partial charge < -0.3 is 14.8 Å². The second-order valence-corrected chi connectivity index (χ2v) is 9.50. The van der Waals surface area contributed by atoms with Gasteiger partial charge in [0.1, 0.15) is 6.61 Å². The molecule has 0 saturated carbocycles. The largest absolute Gasteiger partial charge is 0.485 e. The molecule has 1 aliphatic rings. The zero-order valence-corrected chi connectivity index (χ0v) is 19.4. The summed E-state index contributed by atoms with van der Waals surface area (Å²) in [7, 11) is -3.56. The Bertz CT molecular complexity index is 1230. The fourth-order valence-corrected chi connectivity index (χ4v) is 4.87. The summed E-state index contributed by atoms with van der Waals surface area (Å²) in [5, 5.41) is 7.22. The normalized spacial score (nSPS) is 14.5. The van der Waals surface area contributed by atoms with E-state index in [1.807, 2.05) is 30.3 Å². The summed E-state index contributed by atoms with van der Waals surface area (Å²) in [6, 6.07) is 15.9. The summed E-state index contributed by atoms with van der Waals surface area (Å²) < 4.78 is 39.4. The molecule has 10 heteroatoms. The van der Waals surface area contributed by atoms with Gasteiger partial charge >= 0.3 is 0 Å². The van der Waals surface area contributed by atoms with Crippen molar-refractivity contribution in [1.29, 1.82) is 0 Å². The maximum Gasteiger partial charge on any atom is 0.275 e. The van der Waals surface area contributed by atoms with Crippen molar-refractivity contribution in [2.75, 3.05) is 32.9 Å². The number of benzene rings is 2. The minimum absolute atomic E-state index is 0.150. The lowest BCUT2D eigenvalue weighted by Crippen LogP contribution is -2.40. The Kier molecular flexibility index (Phi) is 7.41. The van der Waals surface area contributed by atoms with E-state index in [-0.39, 0.29) is 23.7 Å². The van der Waals surface area contributed by atoms with E-state index in [9.17, 15) is 13.2 Å². The molecule has 0 unspecified atom stereocenters. The number of sulfonamides is 1. The number of nitrogens with one attached hydrogen (secondary N) is 1. The minimum atomic E-state index is -3.56. The third-order valence-corrected chi connectivity index (χ3v) is 7.17. The lowest BCUT2D eigenvalue weighted by molar-refractivity contribution is 0.0730. The van der Waals surface area contributed by atoms with Crippen molar-refractivity contribution in [2.45, 2.75) is 11.4 Å². The molecular formula is C24H26N4O5S. The van der Waals surface area contributed by atoms with Crippen molar-refractivity contribution in [1.82, 2.24) is 19.4 Å². The van der Waals surface area contributed by atoms with Crippen LogP contribution in [0.3, 0.4) is 0 Å². The van der Waals surface area contributed by atoms with Gasteiger partial charge in [0.2, 0.25) is 10.0 Å². The predicted octanol–water partition coefficient (Wildman–Crippen LogP) is 2.39. The number of morpholine rings is 1. The highest BCUT2D eigenvalue weighted by molar-refractivity contribution is 7.89. The van der Waals surface area contributed by atoms with Crippen molar-refractivity contribution in [3.05, 3.63) is 84.7 Å². The number of hydrogen-bond acceptors (Lipinski definition) is 6. The Labute approximate surface area is 198 Å². The van der Waals surface area contributed by atoms with Crippen LogP contribution in [-0.4, -0.2) is 61.3 Å². The van der Waals surface area contributed by atoms with Crippen LogP contribution < -0.4 is 10.1 Å². The lowest BCUT2D eigenvalue weighted by Gasteiger charge is -2.26. The maximum atomic E-state index is 12.9. The van der Waals surface area contributed by atoms with E-state index >= 15 is 0 Å². The zero-order chi connectivity index (χ0) is 24.0. The molecule has 0 spiro atoms. The predicted molar refractivity (Wildman–Crippen MR) is 126 cm³/mol. The molecule has 0 atom stereocenters. The molecule has 2 heterocycles. The quantitative estimate of drug-likeness (QED) is 0.470. The molecule has 178 valence electrons. The van der Waals surface area contributed by atoms with Gasteiger partial charge in [-0.3, -0.25) is 4.79 Å². The van der Waals surface area contributed by atoms with E-state index in [0.29, 0.717) is 32.1 Å². The lowest BCUT2D eigenvalue weighted by atomic mass is 10.2. The van der Waals surface area contributed by atoms with Crippen LogP contribution in [0.1, 0.15) is 16.1 Å². The number of amides is 1. The summed E-state index contributed by atoms with van der Waals surface area (Å²) in [6.45, 7) is 5.54. The Morgan fingerprint density at radius 2 is 1.82 bits per heavy atom. The molecule has 34 heavy (non-hydrogen) atoms. The molecule has 9 nitrogen and oxygen atoms in total. The second-order valence-electron chi connectivity index (χ2n) is 7.56. The highest BCUT2D eigenvalue weighted by Crippen LogP contribution is 2.21. The van der Waals surface area contributed by atoms with Gasteiger partial charge in [0, 0.05) is 19.6 Å². The van der Waals surface area contributed by atoms with Crippen LogP contribution in [0.4, 0.5) is 0 Å². The van der Waals surface area contributed by atoms with Crippen molar-refractivity contribution < 1.29 is 22.7 Å². The van der Waals surface area contributed by atoms with Crippen LogP contribution in [0.2, 0.25) is 0 Å². The first kappa shape index (κ1) is 23.7. The van der Waals surface area contributed by atoms with E-state index in [1.165, 1.54) is 4.31 Å². The number of para-hydroxylation sites is 1. The maximum absolute atomic E-state index is 12.9. The average Bonchev–Trinajstić information content (AvgIpc) is 3.32. The van der Waals surface area contributed by atoms with E-state index in [4.69, 9.17) is 9.47 Å². The first-order chi connectivity index (χ1) is 16.5. The first-order valence-corrected chi connectivity index (χ1v) is 12.3. The monoisotopic (exact) mass is 482 g/mol. The number of hydrogen-bond donors (Lipinski definition) is 1. The van der Waals surface area contributed by atoms with Crippen LogP contribution in [0.25, 0.3) is 5.69 Å². The fourth-order valence-electron chi connectivity index (χ4n) is 3.46. The number of rotatable bonds is 9. The van der Waals surface area contributed by atoms with Crippen molar-refractivity contribution in [3.8, 4) is 11.4 Å². The number of nitrogens with zero attached hydrogens (tertiary/aromatic N) is 3. The Morgan fingerprint density at radius 1 is 1.12 bits per heavy atom. The molecule has 0 radical (unpaired) electrons. The first-order valence-electron chi connectivity index (χ1n) is 10.8. The number of ether oxygens (including phenoxy) is 2.